The van der Waals surface area contributed by atoms with Crippen molar-refractivity contribution < 1.29 is 0 Å². The molecule has 0 saturated heterocycles. The highest BCUT2D eigenvalue weighted by atomic mass is 15.1. The van der Waals surface area contributed by atoms with Crippen molar-refractivity contribution >= 4 is 11.4 Å². The topological polar surface area (TPSA) is 29.3 Å². The molecule has 19 heavy (non-hydrogen) atoms. The second-order valence-electron chi connectivity index (χ2n) is 5.59. The third-order valence-corrected chi connectivity index (χ3v) is 3.94. The van der Waals surface area contributed by atoms with E-state index in [1.165, 1.54) is 22.4 Å². The Morgan fingerprint density at radius 1 is 1.00 bits per heavy atom. The highest BCUT2D eigenvalue weighted by Crippen LogP contribution is 2.31. The Morgan fingerprint density at radius 2 is 1.74 bits per heavy atom. The second-order valence-corrected chi connectivity index (χ2v) is 5.59. The third kappa shape index (κ3) is 2.19. The van der Waals surface area contributed by atoms with E-state index in [-0.39, 0.29) is 0 Å². The summed E-state index contributed by atoms with van der Waals surface area (Å²) in [7, 11) is 0. The molecule has 0 aromatic heterocycles. The molecule has 1 aliphatic rings. The maximum Gasteiger partial charge on any atom is 0.0457 e. The summed E-state index contributed by atoms with van der Waals surface area (Å²) >= 11 is 0. The lowest BCUT2D eigenvalue weighted by molar-refractivity contribution is 0.857. The predicted octanol–water partition coefficient (Wildman–Crippen LogP) is 3.91. The van der Waals surface area contributed by atoms with Gasteiger partial charge in [0.1, 0.15) is 0 Å². The van der Waals surface area contributed by atoms with Gasteiger partial charge in [0.05, 0.1) is 0 Å². The minimum Gasteiger partial charge on any atom is -0.398 e. The lowest BCUT2D eigenvalue weighted by atomic mass is 10.0. The molecule has 1 aliphatic heterocycles. The van der Waals surface area contributed by atoms with Gasteiger partial charge in [-0.25, -0.2) is 0 Å². The number of nitrogens with two attached hydrogens (primary N) is 1. The first-order chi connectivity index (χ1) is 9.15. The molecule has 2 nitrogen and oxygen atoms in total. The van der Waals surface area contributed by atoms with Crippen molar-refractivity contribution in [2.24, 2.45) is 0 Å². The number of hydrogen-bond acceptors (Lipinski definition) is 2. The molecule has 2 aromatic rings. The fourth-order valence-electron chi connectivity index (χ4n) is 2.70. The van der Waals surface area contributed by atoms with Crippen LogP contribution in [0.15, 0.2) is 42.5 Å². The maximum atomic E-state index is 6.05. The van der Waals surface area contributed by atoms with Crippen molar-refractivity contribution in [2.45, 2.75) is 32.9 Å². The van der Waals surface area contributed by atoms with Gasteiger partial charge in [-0.1, -0.05) is 38.1 Å². The zero-order valence-electron chi connectivity index (χ0n) is 11.6. The minimum atomic E-state index is 0.584. The van der Waals surface area contributed by atoms with E-state index < -0.39 is 0 Å². The number of hydrogen-bond donors (Lipinski definition) is 1. The van der Waals surface area contributed by atoms with E-state index in [1.807, 2.05) is 12.1 Å². The Hall–Kier alpha value is -1.96. The zero-order chi connectivity index (χ0) is 13.4. The molecule has 0 fully saturated rings. The summed E-state index contributed by atoms with van der Waals surface area (Å²) in [6.07, 6.45) is 0. The van der Waals surface area contributed by atoms with Crippen LogP contribution in [0.4, 0.5) is 11.4 Å². The van der Waals surface area contributed by atoms with Crippen LogP contribution in [0.2, 0.25) is 0 Å². The van der Waals surface area contributed by atoms with E-state index in [9.17, 15) is 0 Å². The molecule has 0 bridgehead atoms. The standard InChI is InChI=1S/C17H20N2/c1-12(2)13-6-8-15(9-7-13)19-10-14-4-3-5-17(18)16(14)11-19/h3-9,12H,10-11,18H2,1-2H3. The molecule has 2 N–H and O–H groups in total. The van der Waals surface area contributed by atoms with Gasteiger partial charge in [-0.15, -0.1) is 0 Å². The Kier molecular flexibility index (Phi) is 2.94. The van der Waals surface area contributed by atoms with E-state index in [4.69, 9.17) is 5.73 Å². The Balaban J connectivity index is 1.85. The predicted molar refractivity (Wildman–Crippen MR) is 81.3 cm³/mol. The lowest BCUT2D eigenvalue weighted by Gasteiger charge is -2.18. The van der Waals surface area contributed by atoms with Gasteiger partial charge in [0, 0.05) is 24.5 Å². The maximum absolute atomic E-state index is 6.05. The number of rotatable bonds is 2. The van der Waals surface area contributed by atoms with Gasteiger partial charge in [-0.05, 0) is 40.8 Å². The second kappa shape index (κ2) is 4.61. The first-order valence-electron chi connectivity index (χ1n) is 6.86. The van der Waals surface area contributed by atoms with E-state index in [2.05, 4.69) is 49.1 Å². The van der Waals surface area contributed by atoms with E-state index in [1.54, 1.807) is 0 Å². The van der Waals surface area contributed by atoms with Crippen LogP contribution in [0, 0.1) is 0 Å². The molecule has 98 valence electrons. The number of nitrogens with zero attached hydrogens (tertiary/aromatic N) is 1. The van der Waals surface area contributed by atoms with Gasteiger partial charge in [-0.2, -0.15) is 0 Å². The summed E-state index contributed by atoms with van der Waals surface area (Å²) in [6.45, 7) is 6.33. The van der Waals surface area contributed by atoms with Crippen molar-refractivity contribution in [1.29, 1.82) is 0 Å². The van der Waals surface area contributed by atoms with Gasteiger partial charge in [0.2, 0.25) is 0 Å². The molecule has 2 heteroatoms. The molecule has 0 amide bonds. The highest BCUT2D eigenvalue weighted by Gasteiger charge is 2.20. The van der Waals surface area contributed by atoms with Gasteiger partial charge in [0.25, 0.3) is 0 Å². The van der Waals surface area contributed by atoms with Gasteiger partial charge in [-0.3, -0.25) is 0 Å². The van der Waals surface area contributed by atoms with Crippen LogP contribution in [0.5, 0.6) is 0 Å². The zero-order valence-corrected chi connectivity index (χ0v) is 11.6. The van der Waals surface area contributed by atoms with Crippen molar-refractivity contribution in [3.63, 3.8) is 0 Å². The summed E-state index contributed by atoms with van der Waals surface area (Å²) in [6, 6.07) is 15.1. The summed E-state index contributed by atoms with van der Waals surface area (Å²) < 4.78 is 0. The van der Waals surface area contributed by atoms with Crippen LogP contribution in [0.3, 0.4) is 0 Å². The monoisotopic (exact) mass is 252 g/mol. The largest absolute Gasteiger partial charge is 0.398 e. The molecule has 3 rings (SSSR count). The van der Waals surface area contributed by atoms with Crippen molar-refractivity contribution in [3.8, 4) is 0 Å². The van der Waals surface area contributed by atoms with Crippen LogP contribution >= 0.6 is 0 Å². The number of fused-ring (bicyclic) bond motifs is 1. The van der Waals surface area contributed by atoms with Crippen LogP contribution in [-0.4, -0.2) is 0 Å². The van der Waals surface area contributed by atoms with E-state index in [0.717, 1.165) is 18.8 Å². The molecule has 0 spiro atoms. The van der Waals surface area contributed by atoms with Crippen molar-refractivity contribution in [1.82, 2.24) is 0 Å². The molecule has 2 aromatic carbocycles. The van der Waals surface area contributed by atoms with Crippen LogP contribution in [-0.2, 0) is 13.1 Å². The fourth-order valence-corrected chi connectivity index (χ4v) is 2.70. The summed E-state index contributed by atoms with van der Waals surface area (Å²) in [5, 5.41) is 0. The molecule has 0 atom stereocenters. The third-order valence-electron chi connectivity index (χ3n) is 3.94. The van der Waals surface area contributed by atoms with Crippen LogP contribution < -0.4 is 10.6 Å². The normalized spacial score (nSPS) is 13.9. The molecule has 0 aliphatic carbocycles. The highest BCUT2D eigenvalue weighted by molar-refractivity contribution is 5.59. The van der Waals surface area contributed by atoms with Gasteiger partial charge >= 0.3 is 0 Å². The Labute approximate surface area is 114 Å². The molecule has 1 heterocycles. The summed E-state index contributed by atoms with van der Waals surface area (Å²) in [5.74, 6) is 0.584. The minimum absolute atomic E-state index is 0.584. The van der Waals surface area contributed by atoms with Gasteiger partial charge in [0.15, 0.2) is 0 Å². The van der Waals surface area contributed by atoms with Crippen LogP contribution in [0.25, 0.3) is 0 Å². The molecular weight excluding hydrogens is 232 g/mol. The molecule has 0 unspecified atom stereocenters. The van der Waals surface area contributed by atoms with E-state index >= 15 is 0 Å². The average molecular weight is 252 g/mol. The summed E-state index contributed by atoms with van der Waals surface area (Å²) in [4.78, 5) is 2.38. The van der Waals surface area contributed by atoms with Crippen LogP contribution in [0.1, 0.15) is 36.5 Å². The molecular formula is C17H20N2. The quantitative estimate of drug-likeness (QED) is 0.821. The first-order valence-corrected chi connectivity index (χ1v) is 6.86. The van der Waals surface area contributed by atoms with Crippen molar-refractivity contribution in [2.75, 3.05) is 10.6 Å². The average Bonchev–Trinajstić information content (AvgIpc) is 2.84. The smallest absolute Gasteiger partial charge is 0.0457 e. The van der Waals surface area contributed by atoms with Gasteiger partial charge < -0.3 is 10.6 Å². The SMILES string of the molecule is CC(C)c1ccc(N2Cc3cccc(N)c3C2)cc1. The number of anilines is 2. The van der Waals surface area contributed by atoms with Crippen molar-refractivity contribution in [3.05, 3.63) is 59.2 Å². The lowest BCUT2D eigenvalue weighted by Crippen LogP contribution is -2.14. The van der Waals surface area contributed by atoms with E-state index in [0.29, 0.717) is 5.92 Å². The molecule has 0 radical (unpaired) electrons. The number of nitrogen functional groups attached to an aromatic ring is 1. The first kappa shape index (κ1) is 12.1. The Morgan fingerprint density at radius 3 is 2.37 bits per heavy atom. The molecule has 0 saturated carbocycles. The number of benzene rings is 2. The summed E-state index contributed by atoms with van der Waals surface area (Å²) in [5.41, 5.74) is 12.3. The Bertz CT molecular complexity index is 585. The fraction of sp³-hybridized carbons (Fsp3) is 0.294.